The van der Waals surface area contributed by atoms with E-state index in [1.165, 1.54) is 21.9 Å². The van der Waals surface area contributed by atoms with Gasteiger partial charge in [-0.25, -0.2) is 4.99 Å². The molecule has 0 aromatic heterocycles. The fraction of sp³-hybridized carbons (Fsp3) is 0.148. The molecule has 1 aliphatic heterocycles. The number of nitrogens with zero attached hydrogens (tertiary/aromatic N) is 2. The van der Waals surface area contributed by atoms with E-state index in [0.717, 1.165) is 36.0 Å². The van der Waals surface area contributed by atoms with Crippen LogP contribution in [-0.4, -0.2) is 18.0 Å². The molecule has 32 heavy (non-hydrogen) atoms. The smallest absolute Gasteiger partial charge is 0.200 e. The van der Waals surface area contributed by atoms with Gasteiger partial charge in [0.2, 0.25) is 0 Å². The number of aliphatic imine (C=N–C) groups is 1. The number of para-hydroxylation sites is 2. The molecule has 0 amide bonds. The number of rotatable bonds is 5. The summed E-state index contributed by atoms with van der Waals surface area (Å²) in [5.41, 5.74) is 4.66. The molecule has 0 aliphatic carbocycles. The second-order valence-electron chi connectivity index (χ2n) is 7.72. The van der Waals surface area contributed by atoms with Gasteiger partial charge in [-0.15, -0.1) is 12.4 Å². The van der Waals surface area contributed by atoms with Crippen LogP contribution in [0.4, 0.5) is 5.69 Å². The number of ether oxygens (including phenoxy) is 1. The maximum absolute atomic E-state index is 5.58. The Morgan fingerprint density at radius 3 is 2.47 bits per heavy atom. The fourth-order valence-corrected chi connectivity index (χ4v) is 4.16. The Balaban J connectivity index is 0.00000245. The molecule has 162 valence electrons. The van der Waals surface area contributed by atoms with Crippen molar-refractivity contribution in [2.75, 3.05) is 7.11 Å². The van der Waals surface area contributed by atoms with Gasteiger partial charge in [-0.05, 0) is 34.0 Å². The van der Waals surface area contributed by atoms with Crippen LogP contribution in [0.3, 0.4) is 0 Å². The zero-order valence-electron chi connectivity index (χ0n) is 18.0. The third-order valence-corrected chi connectivity index (χ3v) is 5.75. The topological polar surface area (TPSA) is 36.9 Å². The number of benzene rings is 4. The highest BCUT2D eigenvalue weighted by atomic mass is 35.5. The number of halogens is 1. The van der Waals surface area contributed by atoms with E-state index >= 15 is 0 Å². The van der Waals surface area contributed by atoms with Crippen molar-refractivity contribution in [2.24, 2.45) is 4.99 Å². The molecule has 0 saturated heterocycles. The van der Waals surface area contributed by atoms with Gasteiger partial charge in [0.05, 0.1) is 12.8 Å². The van der Waals surface area contributed by atoms with Crippen LogP contribution in [-0.2, 0) is 19.6 Å². The van der Waals surface area contributed by atoms with Crippen LogP contribution in [0.15, 0.2) is 96.0 Å². The maximum atomic E-state index is 5.58. The van der Waals surface area contributed by atoms with Crippen LogP contribution in [0.25, 0.3) is 10.8 Å². The Morgan fingerprint density at radius 1 is 0.844 bits per heavy atom. The Kier molecular flexibility index (Phi) is 6.62. The number of nitrogens with one attached hydrogen (secondary N) is 1. The Morgan fingerprint density at radius 2 is 1.56 bits per heavy atom. The summed E-state index contributed by atoms with van der Waals surface area (Å²) in [6.45, 7) is 2.24. The summed E-state index contributed by atoms with van der Waals surface area (Å²) in [6, 6.07) is 31.5. The molecule has 0 bridgehead atoms. The number of hydrogen-bond acceptors (Lipinski definition) is 4. The van der Waals surface area contributed by atoms with Crippen LogP contribution in [0.1, 0.15) is 16.7 Å². The SMILES string of the molecule is COc1ccccc1CN1Cc2ccccc2N=C1NCc1cccc2ccccc12.Cl. The summed E-state index contributed by atoms with van der Waals surface area (Å²) in [7, 11) is 1.72. The van der Waals surface area contributed by atoms with E-state index in [9.17, 15) is 0 Å². The molecule has 0 radical (unpaired) electrons. The summed E-state index contributed by atoms with van der Waals surface area (Å²) in [6.07, 6.45) is 0. The second-order valence-corrected chi connectivity index (χ2v) is 7.72. The molecular formula is C27H26ClN3O. The molecular weight excluding hydrogens is 418 g/mol. The Labute approximate surface area is 195 Å². The summed E-state index contributed by atoms with van der Waals surface area (Å²) < 4.78 is 5.58. The average Bonchev–Trinajstić information content (AvgIpc) is 2.83. The van der Waals surface area contributed by atoms with Gasteiger partial charge in [-0.1, -0.05) is 78.9 Å². The van der Waals surface area contributed by atoms with Gasteiger partial charge in [-0.3, -0.25) is 0 Å². The summed E-state index contributed by atoms with van der Waals surface area (Å²) in [4.78, 5) is 7.25. The van der Waals surface area contributed by atoms with E-state index in [4.69, 9.17) is 9.73 Å². The lowest BCUT2D eigenvalue weighted by molar-refractivity contribution is 0.363. The second kappa shape index (κ2) is 9.75. The van der Waals surface area contributed by atoms with Crippen molar-refractivity contribution in [3.05, 3.63) is 108 Å². The first-order valence-corrected chi connectivity index (χ1v) is 10.6. The van der Waals surface area contributed by atoms with Gasteiger partial charge in [0.15, 0.2) is 5.96 Å². The molecule has 4 aromatic rings. The third kappa shape index (κ3) is 4.41. The van der Waals surface area contributed by atoms with Gasteiger partial charge in [0.1, 0.15) is 5.75 Å². The van der Waals surface area contributed by atoms with E-state index in [1.54, 1.807) is 7.11 Å². The average molecular weight is 444 g/mol. The van der Waals surface area contributed by atoms with E-state index in [0.29, 0.717) is 6.54 Å². The minimum Gasteiger partial charge on any atom is -0.496 e. The van der Waals surface area contributed by atoms with Gasteiger partial charge in [0.25, 0.3) is 0 Å². The molecule has 0 spiro atoms. The van der Waals surface area contributed by atoms with Crippen molar-refractivity contribution in [3.8, 4) is 5.75 Å². The molecule has 4 nitrogen and oxygen atoms in total. The molecule has 0 saturated carbocycles. The predicted molar refractivity (Wildman–Crippen MR) is 134 cm³/mol. The van der Waals surface area contributed by atoms with Crippen molar-refractivity contribution in [1.29, 1.82) is 0 Å². The number of fused-ring (bicyclic) bond motifs is 2. The Bertz CT molecular complexity index is 1250. The first kappa shape index (κ1) is 21.7. The molecule has 5 rings (SSSR count). The molecule has 0 atom stereocenters. The standard InChI is InChI=1S/C27H25N3O.ClH/c1-31-26-16-7-4-11-23(26)19-30-18-22-10-3-6-15-25(22)29-27(30)28-17-21-13-8-12-20-9-2-5-14-24(20)21;/h2-16H,17-19H2,1H3,(H,28,29);1H. The first-order valence-electron chi connectivity index (χ1n) is 10.6. The molecule has 5 heteroatoms. The lowest BCUT2D eigenvalue weighted by Gasteiger charge is -2.31. The fourth-order valence-electron chi connectivity index (χ4n) is 4.16. The molecule has 0 unspecified atom stereocenters. The predicted octanol–water partition coefficient (Wildman–Crippen LogP) is 6.06. The van der Waals surface area contributed by atoms with Crippen molar-refractivity contribution in [1.82, 2.24) is 10.2 Å². The van der Waals surface area contributed by atoms with Crippen molar-refractivity contribution in [2.45, 2.75) is 19.6 Å². The highest BCUT2D eigenvalue weighted by Crippen LogP contribution is 2.28. The minimum absolute atomic E-state index is 0. The summed E-state index contributed by atoms with van der Waals surface area (Å²) >= 11 is 0. The van der Waals surface area contributed by atoms with Crippen LogP contribution >= 0.6 is 12.4 Å². The van der Waals surface area contributed by atoms with Gasteiger partial charge in [0, 0.05) is 25.2 Å². The van der Waals surface area contributed by atoms with Crippen molar-refractivity contribution >= 4 is 34.8 Å². The summed E-state index contributed by atoms with van der Waals surface area (Å²) in [5, 5.41) is 6.14. The highest BCUT2D eigenvalue weighted by Gasteiger charge is 2.21. The normalized spacial score (nSPS) is 12.5. The molecule has 1 heterocycles. The van der Waals surface area contributed by atoms with Crippen LogP contribution in [0, 0.1) is 0 Å². The lowest BCUT2D eigenvalue weighted by atomic mass is 10.0. The van der Waals surface area contributed by atoms with Gasteiger partial charge in [-0.2, -0.15) is 0 Å². The minimum atomic E-state index is 0. The van der Waals surface area contributed by atoms with Crippen LogP contribution < -0.4 is 10.1 Å². The van der Waals surface area contributed by atoms with E-state index in [-0.39, 0.29) is 12.4 Å². The van der Waals surface area contributed by atoms with Crippen molar-refractivity contribution in [3.63, 3.8) is 0 Å². The Hall–Kier alpha value is -3.50. The molecule has 1 aliphatic rings. The van der Waals surface area contributed by atoms with Gasteiger partial charge < -0.3 is 15.0 Å². The van der Waals surface area contributed by atoms with Crippen LogP contribution in [0.5, 0.6) is 5.75 Å². The lowest BCUT2D eigenvalue weighted by Crippen LogP contribution is -2.41. The largest absolute Gasteiger partial charge is 0.496 e. The zero-order valence-corrected chi connectivity index (χ0v) is 18.8. The molecule has 1 N–H and O–H groups in total. The molecule has 0 fully saturated rings. The number of guanidine groups is 1. The van der Waals surface area contributed by atoms with E-state index in [1.807, 2.05) is 18.2 Å². The number of hydrogen-bond donors (Lipinski definition) is 1. The van der Waals surface area contributed by atoms with Crippen molar-refractivity contribution < 1.29 is 4.74 Å². The van der Waals surface area contributed by atoms with E-state index < -0.39 is 0 Å². The molecule has 4 aromatic carbocycles. The number of methoxy groups -OCH3 is 1. The summed E-state index contributed by atoms with van der Waals surface area (Å²) in [5.74, 6) is 1.78. The third-order valence-electron chi connectivity index (χ3n) is 5.75. The highest BCUT2D eigenvalue weighted by molar-refractivity contribution is 5.88. The quantitative estimate of drug-likeness (QED) is 0.407. The zero-order chi connectivity index (χ0) is 21.0. The first-order chi connectivity index (χ1) is 15.3. The van der Waals surface area contributed by atoms with Crippen LogP contribution in [0.2, 0.25) is 0 Å². The van der Waals surface area contributed by atoms with E-state index in [2.05, 4.69) is 83.0 Å². The van der Waals surface area contributed by atoms with Gasteiger partial charge >= 0.3 is 0 Å². The maximum Gasteiger partial charge on any atom is 0.200 e. The monoisotopic (exact) mass is 443 g/mol.